The number of methoxy groups -OCH3 is 2. The molecule has 0 bridgehead atoms. The summed E-state index contributed by atoms with van der Waals surface area (Å²) in [6.45, 7) is 3.91. The van der Waals surface area contributed by atoms with Crippen molar-refractivity contribution >= 4 is 11.0 Å². The molecule has 0 spiro atoms. The van der Waals surface area contributed by atoms with E-state index in [1.807, 2.05) is 16.8 Å². The lowest BCUT2D eigenvalue weighted by molar-refractivity contribution is 0.249. The Kier molecular flexibility index (Phi) is 5.63. The number of H-pyrrole nitrogens is 1. The van der Waals surface area contributed by atoms with Crippen molar-refractivity contribution in [2.24, 2.45) is 0 Å². The molecule has 0 amide bonds. The molecular weight excluding hydrogens is 406 g/mol. The molecule has 5 rings (SSSR count). The van der Waals surface area contributed by atoms with E-state index in [0.29, 0.717) is 28.8 Å². The highest BCUT2D eigenvalue weighted by Gasteiger charge is 2.31. The molecule has 8 heteroatoms. The molecule has 0 radical (unpaired) electrons. The van der Waals surface area contributed by atoms with Crippen molar-refractivity contribution in [3.63, 3.8) is 0 Å². The van der Waals surface area contributed by atoms with Gasteiger partial charge in [-0.3, -0.25) is 9.69 Å². The summed E-state index contributed by atoms with van der Waals surface area (Å²) in [5.74, 6) is 2.77. The lowest BCUT2D eigenvalue weighted by atomic mass is 9.97. The predicted molar refractivity (Wildman–Crippen MR) is 123 cm³/mol. The van der Waals surface area contributed by atoms with Crippen molar-refractivity contribution in [3.8, 4) is 11.5 Å². The van der Waals surface area contributed by atoms with Gasteiger partial charge in [0.15, 0.2) is 5.65 Å². The maximum absolute atomic E-state index is 12.8. The van der Waals surface area contributed by atoms with Crippen LogP contribution in [0.3, 0.4) is 0 Å². The molecule has 1 saturated heterocycles. The van der Waals surface area contributed by atoms with Crippen molar-refractivity contribution < 1.29 is 9.47 Å². The van der Waals surface area contributed by atoms with Gasteiger partial charge in [0, 0.05) is 18.0 Å². The zero-order valence-corrected chi connectivity index (χ0v) is 19.0. The van der Waals surface area contributed by atoms with Crippen LogP contribution in [0.15, 0.2) is 29.2 Å². The van der Waals surface area contributed by atoms with Crippen LogP contribution in [0.2, 0.25) is 0 Å². The van der Waals surface area contributed by atoms with Gasteiger partial charge in [0.2, 0.25) is 0 Å². The number of benzene rings is 1. The monoisotopic (exact) mass is 437 g/mol. The minimum absolute atomic E-state index is 0.000584. The van der Waals surface area contributed by atoms with Crippen LogP contribution in [0.25, 0.3) is 11.0 Å². The number of hydrogen-bond donors (Lipinski definition) is 1. The first-order valence-corrected chi connectivity index (χ1v) is 11.5. The lowest BCUT2D eigenvalue weighted by Gasteiger charge is -2.24. The fourth-order valence-electron chi connectivity index (χ4n) is 5.29. The molecule has 2 fully saturated rings. The lowest BCUT2D eigenvalue weighted by Crippen LogP contribution is -2.28. The van der Waals surface area contributed by atoms with Gasteiger partial charge in [0.05, 0.1) is 32.5 Å². The third-order valence-electron chi connectivity index (χ3n) is 7.19. The number of hydrogen-bond acceptors (Lipinski definition) is 6. The zero-order chi connectivity index (χ0) is 22.2. The van der Waals surface area contributed by atoms with Crippen LogP contribution in [-0.4, -0.2) is 52.0 Å². The molecule has 1 saturated carbocycles. The van der Waals surface area contributed by atoms with E-state index in [2.05, 4.69) is 28.0 Å². The Morgan fingerprint density at radius 3 is 2.72 bits per heavy atom. The van der Waals surface area contributed by atoms with Gasteiger partial charge in [0.1, 0.15) is 22.7 Å². The predicted octanol–water partition coefficient (Wildman–Crippen LogP) is 3.80. The molecule has 32 heavy (non-hydrogen) atoms. The van der Waals surface area contributed by atoms with Crippen LogP contribution in [0.1, 0.15) is 68.4 Å². The summed E-state index contributed by atoms with van der Waals surface area (Å²) in [5, 5.41) is 5.10. The second-order valence-electron chi connectivity index (χ2n) is 8.98. The van der Waals surface area contributed by atoms with Gasteiger partial charge in [-0.25, -0.2) is 9.67 Å². The van der Waals surface area contributed by atoms with Crippen molar-refractivity contribution in [2.75, 3.05) is 27.3 Å². The maximum atomic E-state index is 12.8. The van der Waals surface area contributed by atoms with Crippen LogP contribution in [0, 0.1) is 0 Å². The average molecular weight is 438 g/mol. The Morgan fingerprint density at radius 1 is 1.16 bits per heavy atom. The molecule has 2 atom stereocenters. The van der Waals surface area contributed by atoms with Crippen molar-refractivity contribution in [1.82, 2.24) is 24.6 Å². The largest absolute Gasteiger partial charge is 0.497 e. The number of nitrogens with zero attached hydrogens (tertiary/aromatic N) is 4. The molecule has 1 N–H and O–H groups in total. The molecule has 1 aliphatic heterocycles. The summed E-state index contributed by atoms with van der Waals surface area (Å²) in [5.41, 5.74) is 1.77. The van der Waals surface area contributed by atoms with E-state index in [1.54, 1.807) is 20.4 Å². The number of nitrogens with one attached hydrogen (secondary N) is 1. The number of likely N-dealkylation sites (tertiary alicyclic amines) is 1. The summed E-state index contributed by atoms with van der Waals surface area (Å²) in [6, 6.07) is 6.32. The molecule has 170 valence electrons. The van der Waals surface area contributed by atoms with E-state index in [4.69, 9.17) is 14.5 Å². The molecule has 3 aromatic rings. The summed E-state index contributed by atoms with van der Waals surface area (Å²) in [4.78, 5) is 23.1. The second kappa shape index (κ2) is 8.58. The first-order valence-electron chi connectivity index (χ1n) is 11.5. The fraction of sp³-hybridized carbons (Fsp3) is 0.542. The Labute approximate surface area is 187 Å². The van der Waals surface area contributed by atoms with Crippen LogP contribution in [-0.2, 0) is 0 Å². The third-order valence-corrected chi connectivity index (χ3v) is 7.19. The first kappa shape index (κ1) is 21.0. The minimum Gasteiger partial charge on any atom is -0.497 e. The molecule has 2 aromatic heterocycles. The van der Waals surface area contributed by atoms with Gasteiger partial charge in [-0.05, 0) is 50.9 Å². The highest BCUT2D eigenvalue weighted by Crippen LogP contribution is 2.38. The molecule has 8 nitrogen and oxygen atoms in total. The maximum Gasteiger partial charge on any atom is 0.262 e. The number of fused-ring (bicyclic) bond motifs is 1. The van der Waals surface area contributed by atoms with E-state index < -0.39 is 0 Å². The van der Waals surface area contributed by atoms with Gasteiger partial charge in [-0.1, -0.05) is 12.8 Å². The van der Waals surface area contributed by atoms with Crippen LogP contribution in [0.5, 0.6) is 11.5 Å². The van der Waals surface area contributed by atoms with E-state index in [9.17, 15) is 4.79 Å². The molecule has 3 heterocycles. The Morgan fingerprint density at radius 2 is 1.97 bits per heavy atom. The van der Waals surface area contributed by atoms with E-state index >= 15 is 0 Å². The highest BCUT2D eigenvalue weighted by atomic mass is 16.5. The number of ether oxygens (including phenoxy) is 2. The smallest absolute Gasteiger partial charge is 0.262 e. The van der Waals surface area contributed by atoms with Gasteiger partial charge >= 0.3 is 0 Å². The van der Waals surface area contributed by atoms with Crippen molar-refractivity contribution in [1.29, 1.82) is 0 Å². The van der Waals surface area contributed by atoms with Gasteiger partial charge < -0.3 is 14.5 Å². The van der Waals surface area contributed by atoms with E-state index in [1.165, 1.54) is 12.8 Å². The van der Waals surface area contributed by atoms with E-state index in [-0.39, 0.29) is 11.6 Å². The molecular formula is C24H31N5O3. The Balaban J connectivity index is 1.41. The SMILES string of the molecule is COc1ccc(OC)c(C2CCN([C@H](C)c3nc4c(cnn4C4CCCC4)c(=O)[nH]3)C2)c1. The standard InChI is InChI=1S/C24H31N5O3/c1-15(28-11-10-16(14-28)19-12-18(31-2)8-9-21(19)32-3)22-26-23-20(24(30)27-22)13-25-29(23)17-6-4-5-7-17/h8-9,12-13,15-17H,4-7,10-11,14H2,1-3H3,(H,26,27,30)/t15-,16?/m1/s1. The summed E-state index contributed by atoms with van der Waals surface area (Å²) in [6.07, 6.45) is 7.30. The summed E-state index contributed by atoms with van der Waals surface area (Å²) < 4.78 is 13.0. The fourth-order valence-corrected chi connectivity index (χ4v) is 5.29. The van der Waals surface area contributed by atoms with Gasteiger partial charge in [-0.2, -0.15) is 5.10 Å². The third kappa shape index (κ3) is 3.66. The molecule has 1 unspecified atom stereocenters. The second-order valence-corrected chi connectivity index (χ2v) is 8.98. The van der Waals surface area contributed by atoms with Gasteiger partial charge in [-0.15, -0.1) is 0 Å². The molecule has 1 aromatic carbocycles. The quantitative estimate of drug-likeness (QED) is 0.631. The topological polar surface area (TPSA) is 85.3 Å². The van der Waals surface area contributed by atoms with Crippen molar-refractivity contribution in [2.45, 2.75) is 57.0 Å². The average Bonchev–Trinajstić information content (AvgIpc) is 3.58. The summed E-state index contributed by atoms with van der Waals surface area (Å²) in [7, 11) is 3.39. The zero-order valence-electron chi connectivity index (χ0n) is 19.0. The minimum atomic E-state index is -0.105. The highest BCUT2D eigenvalue weighted by molar-refractivity contribution is 5.73. The number of aromatic nitrogens is 4. The van der Waals surface area contributed by atoms with Crippen LogP contribution >= 0.6 is 0 Å². The molecule has 2 aliphatic rings. The Bertz CT molecular complexity index is 1160. The number of aromatic amines is 1. The first-order chi connectivity index (χ1) is 15.6. The Hall–Kier alpha value is -2.87. The van der Waals surface area contributed by atoms with Crippen LogP contribution in [0.4, 0.5) is 0 Å². The summed E-state index contributed by atoms with van der Waals surface area (Å²) >= 11 is 0. The van der Waals surface area contributed by atoms with Gasteiger partial charge in [0.25, 0.3) is 5.56 Å². The van der Waals surface area contributed by atoms with E-state index in [0.717, 1.165) is 49.4 Å². The van der Waals surface area contributed by atoms with Crippen molar-refractivity contribution in [3.05, 3.63) is 46.1 Å². The normalized spacial score (nSPS) is 20.8. The number of rotatable bonds is 6. The van der Waals surface area contributed by atoms with Crippen LogP contribution < -0.4 is 15.0 Å². The molecule has 1 aliphatic carbocycles.